The smallest absolute Gasteiger partial charge is 0.126 e. The predicted octanol–water partition coefficient (Wildman–Crippen LogP) is 17.2. The molecule has 0 N–H and O–H groups in total. The average Bonchev–Trinajstić information content (AvgIpc) is 3.63. The van der Waals surface area contributed by atoms with Gasteiger partial charge in [0, 0.05) is 16.5 Å². The number of unbranched alkanes of at least 4 members (excludes halogenated alkanes) is 14. The van der Waals surface area contributed by atoms with Crippen molar-refractivity contribution < 1.29 is 0 Å². The fraction of sp³-hybridized carbons (Fsp3) is 0.815. The summed E-state index contributed by atoms with van der Waals surface area (Å²) >= 11 is 0. The first-order valence-corrected chi connectivity index (χ1v) is 27.7. The maximum atomic E-state index is 3.02. The van der Waals surface area contributed by atoms with Gasteiger partial charge in [-0.1, -0.05) is 188 Å². The van der Waals surface area contributed by atoms with E-state index in [4.69, 9.17) is 0 Å². The highest BCUT2D eigenvalue weighted by atomic mass is 28.3. The Hall–Kier alpha value is -1.12. The van der Waals surface area contributed by atoms with Crippen molar-refractivity contribution in [3.63, 3.8) is 0 Å². The van der Waals surface area contributed by atoms with Crippen LogP contribution < -0.4 is 0 Å². The van der Waals surface area contributed by atoms with E-state index < -0.39 is 8.24 Å². The Morgan fingerprint density at radius 2 is 1.04 bits per heavy atom. The van der Waals surface area contributed by atoms with E-state index in [-0.39, 0.29) is 27.3 Å². The zero-order valence-electron chi connectivity index (χ0n) is 40.0. The van der Waals surface area contributed by atoms with Crippen LogP contribution in [0.5, 0.6) is 0 Å². The van der Waals surface area contributed by atoms with Crippen molar-refractivity contribution >= 4 is 13.8 Å². The molecule has 5 rings (SSSR count). The molecule has 0 amide bonds. The second kappa shape index (κ2) is 18.2. The molecule has 0 radical (unpaired) electrons. The summed E-state index contributed by atoms with van der Waals surface area (Å²) in [7, 11) is -1.84. The number of nitrogens with zero attached hydrogens (tertiary/aromatic N) is 1. The molecule has 2 heteroatoms. The minimum absolute atomic E-state index is 0.160. The number of rotatable bonds is 20. The molecule has 0 aromatic heterocycles. The lowest BCUT2D eigenvalue weighted by atomic mass is 9.61. The predicted molar refractivity (Wildman–Crippen MR) is 253 cm³/mol. The molecule has 4 aliphatic carbocycles. The molecule has 4 aliphatic rings. The number of hydrogen-bond donors (Lipinski definition) is 0. The quantitative estimate of drug-likeness (QED) is 0.0940. The summed E-state index contributed by atoms with van der Waals surface area (Å²) in [6, 6.07) is 5.66. The van der Waals surface area contributed by atoms with Crippen LogP contribution in [0.15, 0.2) is 29.9 Å². The van der Waals surface area contributed by atoms with Gasteiger partial charge < -0.3 is 4.57 Å². The fourth-order valence-electron chi connectivity index (χ4n) is 13.6. The molecule has 1 aromatic rings. The third-order valence-corrected chi connectivity index (χ3v) is 20.8. The summed E-state index contributed by atoms with van der Waals surface area (Å²) in [6.45, 7) is 35.3. The van der Waals surface area contributed by atoms with Crippen LogP contribution in [0.1, 0.15) is 247 Å². The monoisotopic (exact) mass is 784 g/mol. The second-order valence-corrected chi connectivity index (χ2v) is 28.2. The van der Waals surface area contributed by atoms with E-state index in [0.717, 1.165) is 5.54 Å². The normalized spacial score (nSPS) is 23.7. The molecule has 0 saturated heterocycles. The van der Waals surface area contributed by atoms with Gasteiger partial charge in [-0.2, -0.15) is 0 Å². The molecule has 318 valence electrons. The molecule has 1 saturated carbocycles. The van der Waals surface area contributed by atoms with Gasteiger partial charge in [0.25, 0.3) is 0 Å². The molecule has 1 aromatic carbocycles. The van der Waals surface area contributed by atoms with Gasteiger partial charge in [-0.15, -0.1) is 0 Å². The molecule has 3 atom stereocenters. The zero-order valence-corrected chi connectivity index (χ0v) is 41.0. The van der Waals surface area contributed by atoms with E-state index in [0.29, 0.717) is 11.8 Å². The molecule has 1 fully saturated rings. The van der Waals surface area contributed by atoms with Gasteiger partial charge in [-0.05, 0) is 135 Å². The summed E-state index contributed by atoms with van der Waals surface area (Å²) in [5.41, 5.74) is 12.0. The molecule has 0 heterocycles. The zero-order chi connectivity index (χ0) is 41.2. The summed E-state index contributed by atoms with van der Waals surface area (Å²) in [5, 5.41) is 0. The van der Waals surface area contributed by atoms with Crippen LogP contribution in [-0.2, 0) is 16.2 Å². The van der Waals surface area contributed by atoms with Gasteiger partial charge in [0.1, 0.15) is 8.24 Å². The van der Waals surface area contributed by atoms with Crippen LogP contribution in [0.4, 0.5) is 0 Å². The molecule has 0 spiro atoms. The Morgan fingerprint density at radius 1 is 0.589 bits per heavy atom. The first kappa shape index (κ1) is 46.0. The Balaban J connectivity index is 1.58. The van der Waals surface area contributed by atoms with Gasteiger partial charge in [0.2, 0.25) is 0 Å². The minimum atomic E-state index is -1.84. The van der Waals surface area contributed by atoms with Crippen LogP contribution in [0.3, 0.4) is 0 Å². The summed E-state index contributed by atoms with van der Waals surface area (Å²) in [6.07, 6.45) is 36.4. The fourth-order valence-corrected chi connectivity index (χ4v) is 19.6. The van der Waals surface area contributed by atoms with E-state index in [1.165, 1.54) is 141 Å². The lowest BCUT2D eigenvalue weighted by molar-refractivity contribution is 0.122. The molecule has 0 bridgehead atoms. The minimum Gasteiger partial charge on any atom is -0.314 e. The SMILES string of the molecule is CCCCCCCCCCC1(CCCCCCCCCC)C2=CC3CCC([Si](C)(C)N(C(C)(C)C)C(C)(C)C)C3C=C2c2cc3c(cc21)C(C)(C)CCC3(C)C. The Morgan fingerprint density at radius 3 is 1.50 bits per heavy atom. The van der Waals surface area contributed by atoms with Crippen LogP contribution in [0, 0.1) is 11.8 Å². The van der Waals surface area contributed by atoms with Crippen molar-refractivity contribution in [1.82, 2.24) is 4.57 Å². The number of benzene rings is 1. The van der Waals surface area contributed by atoms with E-state index in [1.807, 2.05) is 0 Å². The number of allylic oxidation sites excluding steroid dienone is 4. The van der Waals surface area contributed by atoms with Gasteiger partial charge >= 0.3 is 0 Å². The standard InChI is InChI=1S/C54H93NSi/c1-15-17-19-21-23-25-27-29-33-54(34-30-28-26-24-22-20-18-16-2)45-37-41-31-32-49(56(13,14)55(50(3,4)5)51(6,7)8)42(41)38-43(45)44-39-47-48(40-46(44)54)53(11,12)36-35-52(47,9)10/h37-42,49H,15-36H2,1-14H3. The lowest BCUT2D eigenvalue weighted by Gasteiger charge is -2.57. The molecular formula is C54H93NSi. The second-order valence-electron chi connectivity index (χ2n) is 23.7. The highest BCUT2D eigenvalue weighted by Crippen LogP contribution is 2.63. The Labute approximate surface area is 351 Å². The van der Waals surface area contributed by atoms with Crippen LogP contribution in [-0.4, -0.2) is 23.9 Å². The third-order valence-electron chi connectivity index (χ3n) is 15.9. The first-order chi connectivity index (χ1) is 26.2. The van der Waals surface area contributed by atoms with Crippen molar-refractivity contribution in [3.05, 3.63) is 52.1 Å². The summed E-state index contributed by atoms with van der Waals surface area (Å²) in [4.78, 5) is 0. The van der Waals surface area contributed by atoms with Crippen molar-refractivity contribution in [1.29, 1.82) is 0 Å². The highest BCUT2D eigenvalue weighted by molar-refractivity contribution is 6.76. The van der Waals surface area contributed by atoms with Crippen molar-refractivity contribution in [2.45, 2.75) is 270 Å². The summed E-state index contributed by atoms with van der Waals surface area (Å²) < 4.78 is 3.02. The van der Waals surface area contributed by atoms with Crippen LogP contribution >= 0.6 is 0 Å². The first-order valence-electron chi connectivity index (χ1n) is 24.7. The largest absolute Gasteiger partial charge is 0.314 e. The van der Waals surface area contributed by atoms with Gasteiger partial charge in [0.05, 0.1) is 0 Å². The van der Waals surface area contributed by atoms with Crippen molar-refractivity contribution in [2.24, 2.45) is 11.8 Å². The van der Waals surface area contributed by atoms with E-state index >= 15 is 0 Å². The molecule has 3 unspecified atom stereocenters. The Bertz CT molecular complexity index is 1470. The van der Waals surface area contributed by atoms with Gasteiger partial charge in [-0.25, -0.2) is 0 Å². The van der Waals surface area contributed by atoms with Crippen molar-refractivity contribution in [2.75, 3.05) is 0 Å². The average molecular weight is 784 g/mol. The topological polar surface area (TPSA) is 3.24 Å². The summed E-state index contributed by atoms with van der Waals surface area (Å²) in [5.74, 6) is 1.36. The molecular weight excluding hydrogens is 691 g/mol. The number of fused-ring (bicyclic) bond motifs is 5. The van der Waals surface area contributed by atoms with Crippen LogP contribution in [0.25, 0.3) is 5.57 Å². The van der Waals surface area contributed by atoms with E-state index in [9.17, 15) is 0 Å². The van der Waals surface area contributed by atoms with Gasteiger partial charge in [-0.3, -0.25) is 0 Å². The molecule has 0 aliphatic heterocycles. The van der Waals surface area contributed by atoms with Crippen LogP contribution in [0.2, 0.25) is 18.6 Å². The highest BCUT2D eigenvalue weighted by Gasteiger charge is 2.55. The van der Waals surface area contributed by atoms with E-state index in [2.05, 4.69) is 125 Å². The third kappa shape index (κ3) is 9.74. The van der Waals surface area contributed by atoms with E-state index in [1.54, 1.807) is 33.4 Å². The van der Waals surface area contributed by atoms with Crippen molar-refractivity contribution in [3.8, 4) is 0 Å². The molecule has 56 heavy (non-hydrogen) atoms. The maximum absolute atomic E-state index is 3.02. The molecule has 1 nitrogen and oxygen atoms in total. The maximum Gasteiger partial charge on any atom is 0.126 e. The van der Waals surface area contributed by atoms with Gasteiger partial charge in [0.15, 0.2) is 0 Å². The number of hydrogen-bond acceptors (Lipinski definition) is 1. The Kier molecular flexibility index (Phi) is 15.0. The lowest BCUT2D eigenvalue weighted by Crippen LogP contribution is -2.67.